The summed E-state index contributed by atoms with van der Waals surface area (Å²) < 4.78 is 5.25. The molecule has 124 valence electrons. The largest absolute Gasteiger partial charge is 0.484 e. The van der Waals surface area contributed by atoms with Gasteiger partial charge in [-0.05, 0) is 24.3 Å². The van der Waals surface area contributed by atoms with Crippen LogP contribution in [-0.4, -0.2) is 53.1 Å². The number of carbonyl (C=O) groups is 3. The van der Waals surface area contributed by atoms with Crippen LogP contribution in [0.4, 0.5) is 0 Å². The number of nitrogens with one attached hydrogen (secondary N) is 2. The molecular formula is C15H18N2O5S. The van der Waals surface area contributed by atoms with Gasteiger partial charge in [-0.1, -0.05) is 18.2 Å². The highest BCUT2D eigenvalue weighted by Gasteiger charge is 2.43. The normalized spacial score (nSPS) is 19.8. The van der Waals surface area contributed by atoms with Gasteiger partial charge in [-0.3, -0.25) is 9.59 Å². The van der Waals surface area contributed by atoms with Gasteiger partial charge in [0.1, 0.15) is 11.3 Å². The fraction of sp³-hybridized carbons (Fsp3) is 0.400. The van der Waals surface area contributed by atoms with E-state index in [-0.39, 0.29) is 13.2 Å². The minimum atomic E-state index is -1.23. The molecule has 1 fully saturated rings. The van der Waals surface area contributed by atoms with Crippen molar-refractivity contribution in [2.45, 2.75) is 12.0 Å². The summed E-state index contributed by atoms with van der Waals surface area (Å²) in [4.78, 5) is 34.8. The summed E-state index contributed by atoms with van der Waals surface area (Å²) >= 11 is 1.48. The number of carbonyl (C=O) groups excluding carboxylic acids is 2. The van der Waals surface area contributed by atoms with E-state index in [9.17, 15) is 19.5 Å². The predicted octanol–water partition coefficient (Wildman–Crippen LogP) is 0.258. The number of benzene rings is 1. The smallest absolute Gasteiger partial charge is 0.330 e. The molecule has 1 unspecified atom stereocenters. The molecule has 0 radical (unpaired) electrons. The second-order valence-corrected chi connectivity index (χ2v) is 6.22. The van der Waals surface area contributed by atoms with Crippen LogP contribution >= 0.6 is 11.8 Å². The maximum atomic E-state index is 11.8. The molecule has 0 spiro atoms. The topological polar surface area (TPSA) is 105 Å². The van der Waals surface area contributed by atoms with E-state index in [0.29, 0.717) is 23.7 Å². The SMILES string of the molecule is O=C(COc1ccccc1)NCC(=O)NC1(C(=O)O)CCSC1. The number of ether oxygens (including phenoxy) is 1. The van der Waals surface area contributed by atoms with E-state index < -0.39 is 23.3 Å². The van der Waals surface area contributed by atoms with E-state index in [2.05, 4.69) is 10.6 Å². The highest BCUT2D eigenvalue weighted by molar-refractivity contribution is 7.99. The fourth-order valence-corrected chi connectivity index (χ4v) is 3.42. The molecule has 23 heavy (non-hydrogen) atoms. The number of para-hydroxylation sites is 1. The third kappa shape index (κ3) is 4.88. The lowest BCUT2D eigenvalue weighted by Crippen LogP contribution is -2.56. The second-order valence-electron chi connectivity index (χ2n) is 5.12. The average Bonchev–Trinajstić information content (AvgIpc) is 3.02. The van der Waals surface area contributed by atoms with Gasteiger partial charge < -0.3 is 20.5 Å². The number of rotatable bonds is 7. The maximum absolute atomic E-state index is 11.8. The van der Waals surface area contributed by atoms with Crippen molar-refractivity contribution in [3.8, 4) is 5.75 Å². The summed E-state index contributed by atoms with van der Waals surface area (Å²) in [6, 6.07) is 8.83. The molecule has 2 rings (SSSR count). The Balaban J connectivity index is 1.73. The highest BCUT2D eigenvalue weighted by atomic mass is 32.2. The van der Waals surface area contributed by atoms with E-state index in [1.54, 1.807) is 24.3 Å². The zero-order valence-corrected chi connectivity index (χ0v) is 13.2. The van der Waals surface area contributed by atoms with Gasteiger partial charge in [0.25, 0.3) is 5.91 Å². The van der Waals surface area contributed by atoms with Crippen LogP contribution in [0.5, 0.6) is 5.75 Å². The van der Waals surface area contributed by atoms with Gasteiger partial charge >= 0.3 is 5.97 Å². The van der Waals surface area contributed by atoms with Gasteiger partial charge in [0.05, 0.1) is 6.54 Å². The number of carboxylic acids is 1. The first kappa shape index (κ1) is 17.1. The average molecular weight is 338 g/mol. The first-order valence-electron chi connectivity index (χ1n) is 7.08. The Morgan fingerprint density at radius 1 is 1.22 bits per heavy atom. The molecule has 3 N–H and O–H groups in total. The Morgan fingerprint density at radius 3 is 2.57 bits per heavy atom. The minimum Gasteiger partial charge on any atom is -0.484 e. The van der Waals surface area contributed by atoms with E-state index in [1.807, 2.05) is 6.07 Å². The maximum Gasteiger partial charge on any atom is 0.330 e. The van der Waals surface area contributed by atoms with Gasteiger partial charge in [-0.15, -0.1) is 0 Å². The zero-order valence-electron chi connectivity index (χ0n) is 12.4. The van der Waals surface area contributed by atoms with Crippen LogP contribution in [0.1, 0.15) is 6.42 Å². The molecule has 2 amide bonds. The Bertz CT molecular complexity index is 572. The Morgan fingerprint density at radius 2 is 1.96 bits per heavy atom. The van der Waals surface area contributed by atoms with Gasteiger partial charge in [-0.25, -0.2) is 4.79 Å². The molecule has 1 aromatic carbocycles. The van der Waals surface area contributed by atoms with Crippen molar-refractivity contribution >= 4 is 29.5 Å². The van der Waals surface area contributed by atoms with Crippen molar-refractivity contribution in [1.29, 1.82) is 0 Å². The van der Waals surface area contributed by atoms with Crippen molar-refractivity contribution < 1.29 is 24.2 Å². The summed E-state index contributed by atoms with van der Waals surface area (Å²) in [5.74, 6) is -0.449. The Hall–Kier alpha value is -2.22. The number of amides is 2. The van der Waals surface area contributed by atoms with Crippen LogP contribution in [0, 0.1) is 0 Å². The minimum absolute atomic E-state index is 0.211. The summed E-state index contributed by atoms with van der Waals surface area (Å²) in [6.07, 6.45) is 0.379. The van der Waals surface area contributed by atoms with E-state index in [0.717, 1.165) is 0 Å². The quantitative estimate of drug-likeness (QED) is 0.659. The van der Waals surface area contributed by atoms with Crippen molar-refractivity contribution in [1.82, 2.24) is 10.6 Å². The van der Waals surface area contributed by atoms with Crippen LogP contribution in [0.2, 0.25) is 0 Å². The lowest BCUT2D eigenvalue weighted by molar-refractivity contribution is -0.146. The van der Waals surface area contributed by atoms with Crippen LogP contribution < -0.4 is 15.4 Å². The van der Waals surface area contributed by atoms with Crippen molar-refractivity contribution in [2.24, 2.45) is 0 Å². The lowest BCUT2D eigenvalue weighted by atomic mass is 9.99. The molecule has 1 atom stereocenters. The van der Waals surface area contributed by atoms with Crippen molar-refractivity contribution in [2.75, 3.05) is 24.7 Å². The third-order valence-corrected chi connectivity index (χ3v) is 4.56. The molecular weight excluding hydrogens is 320 g/mol. The molecule has 8 heteroatoms. The zero-order chi connectivity index (χ0) is 16.7. The van der Waals surface area contributed by atoms with E-state index >= 15 is 0 Å². The number of hydrogen-bond acceptors (Lipinski definition) is 5. The van der Waals surface area contributed by atoms with Gasteiger partial charge in [-0.2, -0.15) is 11.8 Å². The highest BCUT2D eigenvalue weighted by Crippen LogP contribution is 2.28. The number of hydrogen-bond donors (Lipinski definition) is 3. The lowest BCUT2D eigenvalue weighted by Gasteiger charge is -2.24. The molecule has 1 saturated heterocycles. The standard InChI is InChI=1S/C15H18N2O5S/c18-12(17-15(14(20)21)6-7-23-10-15)8-16-13(19)9-22-11-4-2-1-3-5-11/h1-5H,6-10H2,(H,16,19)(H,17,18)(H,20,21). The molecule has 7 nitrogen and oxygen atoms in total. The first-order valence-corrected chi connectivity index (χ1v) is 8.24. The number of carboxylic acid groups (broad SMARTS) is 1. The Labute approximate surface area is 137 Å². The predicted molar refractivity (Wildman–Crippen MR) is 85.4 cm³/mol. The van der Waals surface area contributed by atoms with Gasteiger partial charge in [0.15, 0.2) is 6.61 Å². The monoisotopic (exact) mass is 338 g/mol. The molecule has 0 aromatic heterocycles. The van der Waals surface area contributed by atoms with Crippen molar-refractivity contribution in [3.63, 3.8) is 0 Å². The van der Waals surface area contributed by atoms with E-state index in [4.69, 9.17) is 4.74 Å². The van der Waals surface area contributed by atoms with E-state index in [1.165, 1.54) is 11.8 Å². The van der Waals surface area contributed by atoms with Crippen LogP contribution in [0.25, 0.3) is 0 Å². The number of aliphatic carboxylic acids is 1. The van der Waals surface area contributed by atoms with Gasteiger partial charge in [0.2, 0.25) is 5.91 Å². The summed E-state index contributed by atoms with van der Waals surface area (Å²) in [5.41, 5.74) is -1.23. The Kier molecular flexibility index (Phi) is 5.86. The molecule has 1 heterocycles. The molecule has 0 saturated carbocycles. The van der Waals surface area contributed by atoms with Crippen LogP contribution in [0.15, 0.2) is 30.3 Å². The molecule has 0 bridgehead atoms. The summed E-state index contributed by atoms with van der Waals surface area (Å²) in [7, 11) is 0. The summed E-state index contributed by atoms with van der Waals surface area (Å²) in [5, 5.41) is 14.2. The molecule has 0 aliphatic carbocycles. The van der Waals surface area contributed by atoms with Crippen molar-refractivity contribution in [3.05, 3.63) is 30.3 Å². The molecule has 1 aliphatic rings. The fourth-order valence-electron chi connectivity index (χ4n) is 2.09. The second kappa shape index (κ2) is 7.87. The number of thioether (sulfide) groups is 1. The van der Waals surface area contributed by atoms with Crippen LogP contribution in [0.3, 0.4) is 0 Å². The third-order valence-electron chi connectivity index (χ3n) is 3.37. The molecule has 1 aromatic rings. The first-order chi connectivity index (χ1) is 11.0. The van der Waals surface area contributed by atoms with Gasteiger partial charge in [0, 0.05) is 5.75 Å². The van der Waals surface area contributed by atoms with Crippen LogP contribution in [-0.2, 0) is 14.4 Å². The summed E-state index contributed by atoms with van der Waals surface area (Å²) in [6.45, 7) is -0.492. The molecule has 1 aliphatic heterocycles.